The normalized spacial score (nSPS) is 13.2. The summed E-state index contributed by atoms with van der Waals surface area (Å²) >= 11 is 4.65. The van der Waals surface area contributed by atoms with Crippen molar-refractivity contribution in [3.63, 3.8) is 0 Å². The van der Waals surface area contributed by atoms with Crippen LogP contribution in [0.2, 0.25) is 0 Å². The van der Waals surface area contributed by atoms with Gasteiger partial charge in [-0.1, -0.05) is 33.0 Å². The van der Waals surface area contributed by atoms with E-state index in [9.17, 15) is 8.42 Å². The number of nitrogens with zero attached hydrogens (tertiary/aromatic N) is 1. The minimum atomic E-state index is -3.25. The quantitative estimate of drug-likeness (QED) is 0.728. The fourth-order valence-corrected chi connectivity index (χ4v) is 2.90. The Labute approximate surface area is 91.5 Å². The third-order valence-electron chi connectivity index (χ3n) is 1.47. The Morgan fingerprint density at radius 2 is 1.86 bits per heavy atom. The van der Waals surface area contributed by atoms with Crippen molar-refractivity contribution in [2.45, 2.75) is 20.8 Å². The Morgan fingerprint density at radius 1 is 1.43 bits per heavy atom. The first-order valence-corrected chi connectivity index (χ1v) is 6.29. The Hall–Kier alpha value is -0.200. The van der Waals surface area contributed by atoms with Crippen LogP contribution in [0, 0.1) is 5.41 Å². The van der Waals surface area contributed by atoms with Crippen LogP contribution in [0.25, 0.3) is 0 Å². The zero-order chi connectivity index (χ0) is 11.6. The van der Waals surface area contributed by atoms with Crippen LogP contribution in [0.5, 0.6) is 0 Å². The zero-order valence-electron chi connectivity index (χ0n) is 9.07. The first-order chi connectivity index (χ1) is 6.04. The Morgan fingerprint density at radius 3 is 2.14 bits per heavy atom. The van der Waals surface area contributed by atoms with Gasteiger partial charge in [0.2, 0.25) is 10.0 Å². The second-order valence-electron chi connectivity index (χ2n) is 4.54. The smallest absolute Gasteiger partial charge is 0.214 e. The van der Waals surface area contributed by atoms with E-state index in [1.54, 1.807) is 0 Å². The molecular formula is C8H18N2O2S2. The van der Waals surface area contributed by atoms with Crippen LogP contribution in [0.3, 0.4) is 0 Å². The average molecular weight is 238 g/mol. The summed E-state index contributed by atoms with van der Waals surface area (Å²) in [6.07, 6.45) is 0. The van der Waals surface area contributed by atoms with Gasteiger partial charge in [-0.05, 0) is 5.41 Å². The topological polar surface area (TPSA) is 63.4 Å². The van der Waals surface area contributed by atoms with E-state index in [1.165, 1.54) is 11.4 Å². The highest BCUT2D eigenvalue weighted by atomic mass is 32.2. The molecule has 4 nitrogen and oxygen atoms in total. The van der Waals surface area contributed by atoms with Gasteiger partial charge in [-0.25, -0.2) is 8.42 Å². The van der Waals surface area contributed by atoms with Crippen LogP contribution >= 0.6 is 12.2 Å². The maximum Gasteiger partial charge on any atom is 0.214 e. The first-order valence-electron chi connectivity index (χ1n) is 4.27. The van der Waals surface area contributed by atoms with E-state index in [2.05, 4.69) is 12.2 Å². The van der Waals surface area contributed by atoms with E-state index in [-0.39, 0.29) is 22.7 Å². The molecule has 0 bridgehead atoms. The lowest BCUT2D eigenvalue weighted by atomic mass is 10.0. The zero-order valence-corrected chi connectivity index (χ0v) is 10.7. The number of likely N-dealkylation sites (N-methyl/N-ethyl adjacent to an activating group) is 1. The summed E-state index contributed by atoms with van der Waals surface area (Å²) in [5, 5.41) is 0. The van der Waals surface area contributed by atoms with E-state index >= 15 is 0 Å². The molecule has 0 aliphatic carbocycles. The molecule has 2 N–H and O–H groups in total. The molecule has 0 aliphatic heterocycles. The van der Waals surface area contributed by atoms with E-state index in [0.717, 1.165) is 0 Å². The van der Waals surface area contributed by atoms with E-state index in [1.807, 2.05) is 20.8 Å². The van der Waals surface area contributed by atoms with E-state index in [0.29, 0.717) is 0 Å². The molecule has 0 aromatic carbocycles. The van der Waals surface area contributed by atoms with Gasteiger partial charge in [0.05, 0.1) is 17.3 Å². The van der Waals surface area contributed by atoms with Crippen LogP contribution in [-0.4, -0.2) is 37.1 Å². The number of rotatable bonds is 4. The highest BCUT2D eigenvalue weighted by Crippen LogP contribution is 2.17. The monoisotopic (exact) mass is 238 g/mol. The van der Waals surface area contributed by atoms with E-state index in [4.69, 9.17) is 5.73 Å². The molecule has 0 radical (unpaired) electrons. The van der Waals surface area contributed by atoms with Crippen molar-refractivity contribution in [2.75, 3.05) is 19.3 Å². The van der Waals surface area contributed by atoms with Gasteiger partial charge in [0.25, 0.3) is 0 Å². The minimum Gasteiger partial charge on any atom is -0.392 e. The Balaban J connectivity index is 4.56. The van der Waals surface area contributed by atoms with Crippen molar-refractivity contribution < 1.29 is 8.42 Å². The summed E-state index contributed by atoms with van der Waals surface area (Å²) in [6, 6.07) is 0. The second-order valence-corrected chi connectivity index (χ2v) is 7.14. The van der Waals surface area contributed by atoms with Crippen molar-refractivity contribution in [3.8, 4) is 0 Å². The van der Waals surface area contributed by atoms with Gasteiger partial charge in [0, 0.05) is 7.05 Å². The van der Waals surface area contributed by atoms with Crippen LogP contribution in [0.15, 0.2) is 0 Å². The molecule has 0 heterocycles. The standard InChI is InChI=1S/C8H18N2O2S2/c1-8(2,3)6-14(11,12)10(4)5-7(9)13/h5-6H2,1-4H3,(H2,9,13). The molecule has 0 unspecified atom stereocenters. The van der Waals surface area contributed by atoms with Gasteiger partial charge in [-0.2, -0.15) is 4.31 Å². The first kappa shape index (κ1) is 13.8. The van der Waals surface area contributed by atoms with Gasteiger partial charge in [-0.15, -0.1) is 0 Å². The molecule has 0 saturated heterocycles. The third-order valence-corrected chi connectivity index (χ3v) is 3.91. The molecule has 0 fully saturated rings. The summed E-state index contributed by atoms with van der Waals surface area (Å²) in [4.78, 5) is 0.185. The maximum absolute atomic E-state index is 11.7. The predicted octanol–water partition coefficient (Wildman–Crippen LogP) is 0.580. The molecule has 0 aliphatic rings. The van der Waals surface area contributed by atoms with Crippen LogP contribution in [0.1, 0.15) is 20.8 Å². The number of hydrogen-bond donors (Lipinski definition) is 1. The minimum absolute atomic E-state index is 0.0963. The second kappa shape index (κ2) is 4.55. The third kappa shape index (κ3) is 5.51. The van der Waals surface area contributed by atoms with Crippen LogP contribution in [-0.2, 0) is 10.0 Å². The molecule has 0 aromatic rings. The summed E-state index contributed by atoms with van der Waals surface area (Å²) in [7, 11) is -1.76. The average Bonchev–Trinajstić information content (AvgIpc) is 1.78. The van der Waals surface area contributed by atoms with Gasteiger partial charge < -0.3 is 5.73 Å². The Bertz CT molecular complexity index is 304. The summed E-state index contributed by atoms with van der Waals surface area (Å²) in [6.45, 7) is 5.73. The molecule has 14 heavy (non-hydrogen) atoms. The fourth-order valence-electron chi connectivity index (χ4n) is 0.975. The molecule has 84 valence electrons. The van der Waals surface area contributed by atoms with Gasteiger partial charge in [-0.3, -0.25) is 0 Å². The highest BCUT2D eigenvalue weighted by molar-refractivity contribution is 7.89. The summed E-state index contributed by atoms with van der Waals surface area (Å²) in [5.74, 6) is 0.0963. The molecule has 0 aromatic heterocycles. The SMILES string of the molecule is CN(CC(N)=S)S(=O)(=O)CC(C)(C)C. The molecule has 0 rings (SSSR count). The molecule has 0 saturated carbocycles. The molecule has 0 spiro atoms. The molecular weight excluding hydrogens is 220 g/mol. The largest absolute Gasteiger partial charge is 0.392 e. The lowest BCUT2D eigenvalue weighted by Crippen LogP contribution is -2.38. The highest BCUT2D eigenvalue weighted by Gasteiger charge is 2.25. The lowest BCUT2D eigenvalue weighted by molar-refractivity contribution is 0.435. The maximum atomic E-state index is 11.7. The van der Waals surface area contributed by atoms with Crippen molar-refractivity contribution in [3.05, 3.63) is 0 Å². The van der Waals surface area contributed by atoms with Gasteiger partial charge in [0.15, 0.2) is 0 Å². The van der Waals surface area contributed by atoms with Crippen LogP contribution < -0.4 is 5.73 Å². The fraction of sp³-hybridized carbons (Fsp3) is 0.875. The number of nitrogens with two attached hydrogens (primary N) is 1. The number of sulfonamides is 1. The summed E-state index contributed by atoms with van der Waals surface area (Å²) < 4.78 is 24.6. The van der Waals surface area contributed by atoms with Crippen molar-refractivity contribution in [1.29, 1.82) is 0 Å². The number of thiocarbonyl (C=S) groups is 1. The summed E-state index contributed by atoms with van der Waals surface area (Å²) in [5.41, 5.74) is 5.02. The van der Waals surface area contributed by atoms with Gasteiger partial charge in [0.1, 0.15) is 0 Å². The van der Waals surface area contributed by atoms with E-state index < -0.39 is 10.0 Å². The van der Waals surface area contributed by atoms with Crippen molar-refractivity contribution >= 4 is 27.2 Å². The molecule has 0 atom stereocenters. The number of hydrogen-bond acceptors (Lipinski definition) is 3. The predicted molar refractivity (Wildman–Crippen MR) is 62.7 cm³/mol. The molecule has 6 heteroatoms. The van der Waals surface area contributed by atoms with Crippen molar-refractivity contribution in [2.24, 2.45) is 11.1 Å². The van der Waals surface area contributed by atoms with Crippen molar-refractivity contribution in [1.82, 2.24) is 4.31 Å². The lowest BCUT2D eigenvalue weighted by Gasteiger charge is -2.23. The molecule has 0 amide bonds. The Kier molecular flexibility index (Phi) is 4.48. The van der Waals surface area contributed by atoms with Gasteiger partial charge >= 0.3 is 0 Å². The van der Waals surface area contributed by atoms with Crippen LogP contribution in [0.4, 0.5) is 0 Å².